The molecule has 0 radical (unpaired) electrons. The lowest BCUT2D eigenvalue weighted by Gasteiger charge is -2.04. The van der Waals surface area contributed by atoms with Crippen molar-refractivity contribution in [3.05, 3.63) is 53.2 Å². The number of rotatable bonds is 6. The maximum absolute atomic E-state index is 11.9. The normalized spacial score (nSPS) is 10.6. The summed E-state index contributed by atoms with van der Waals surface area (Å²) in [5.41, 5.74) is 0.750. The number of carbonyl (C=O) groups excluding carboxylic acids is 1. The molecular weight excluding hydrogens is 314 g/mol. The fourth-order valence-electron chi connectivity index (χ4n) is 2.07. The van der Waals surface area contributed by atoms with Gasteiger partial charge >= 0.3 is 0 Å². The Bertz CT molecular complexity index is 783. The second-order valence-corrected chi connectivity index (χ2v) is 5.84. The van der Waals surface area contributed by atoms with Gasteiger partial charge in [0.25, 0.3) is 0 Å². The van der Waals surface area contributed by atoms with Crippen molar-refractivity contribution in [2.75, 3.05) is 0 Å². The summed E-state index contributed by atoms with van der Waals surface area (Å²) >= 11 is 1.52. The van der Waals surface area contributed by atoms with Crippen LogP contribution in [0, 0.1) is 0 Å². The molecule has 2 heterocycles. The van der Waals surface area contributed by atoms with Crippen LogP contribution in [0.4, 0.5) is 0 Å². The molecule has 0 bridgehead atoms. The zero-order valence-corrected chi connectivity index (χ0v) is 13.0. The average Bonchev–Trinajstić information content (AvgIpc) is 3.23. The van der Waals surface area contributed by atoms with Crippen LogP contribution >= 0.6 is 11.3 Å². The van der Waals surface area contributed by atoms with E-state index >= 15 is 0 Å². The number of aromatic nitrogens is 2. The van der Waals surface area contributed by atoms with E-state index in [4.69, 9.17) is 4.52 Å². The Morgan fingerprint density at radius 3 is 2.91 bits per heavy atom. The maximum atomic E-state index is 11.9. The summed E-state index contributed by atoms with van der Waals surface area (Å²) in [6.07, 6.45) is 0.756. The minimum Gasteiger partial charge on any atom is -0.508 e. The highest BCUT2D eigenvalue weighted by Crippen LogP contribution is 2.21. The molecule has 3 aromatic rings. The summed E-state index contributed by atoms with van der Waals surface area (Å²) < 4.78 is 5.11. The third kappa shape index (κ3) is 3.95. The SMILES string of the molecule is O=C(CCc1ccccc1O)NCc1nc(-c2cccs2)no1. The number of carbonyl (C=O) groups is 1. The number of phenolic OH excluding ortho intramolecular Hbond substituents is 1. The zero-order valence-electron chi connectivity index (χ0n) is 12.2. The molecule has 2 aromatic heterocycles. The fourth-order valence-corrected chi connectivity index (χ4v) is 2.71. The van der Waals surface area contributed by atoms with Gasteiger partial charge in [-0.3, -0.25) is 4.79 Å². The van der Waals surface area contributed by atoms with Crippen LogP contribution in [0.15, 0.2) is 46.3 Å². The van der Waals surface area contributed by atoms with Crippen LogP contribution in [-0.4, -0.2) is 21.2 Å². The van der Waals surface area contributed by atoms with Crippen LogP contribution in [-0.2, 0) is 17.8 Å². The molecule has 0 unspecified atom stereocenters. The van der Waals surface area contributed by atoms with Crippen molar-refractivity contribution in [2.45, 2.75) is 19.4 Å². The van der Waals surface area contributed by atoms with Crippen molar-refractivity contribution in [3.8, 4) is 16.5 Å². The predicted molar refractivity (Wildman–Crippen MR) is 85.9 cm³/mol. The Kier molecular flexibility index (Phi) is 4.68. The van der Waals surface area contributed by atoms with E-state index in [2.05, 4.69) is 15.5 Å². The fraction of sp³-hybridized carbons (Fsp3) is 0.188. The van der Waals surface area contributed by atoms with Gasteiger partial charge in [-0.05, 0) is 29.5 Å². The van der Waals surface area contributed by atoms with Gasteiger partial charge in [0.05, 0.1) is 11.4 Å². The first-order chi connectivity index (χ1) is 11.2. The minimum atomic E-state index is -0.135. The van der Waals surface area contributed by atoms with E-state index in [1.807, 2.05) is 23.6 Å². The summed E-state index contributed by atoms with van der Waals surface area (Å²) in [7, 11) is 0. The van der Waals surface area contributed by atoms with Crippen LogP contribution in [0.5, 0.6) is 5.75 Å². The molecule has 0 saturated carbocycles. The highest BCUT2D eigenvalue weighted by Gasteiger charge is 2.11. The first-order valence-electron chi connectivity index (χ1n) is 7.12. The standard InChI is InChI=1S/C16H15N3O3S/c20-12-5-2-1-4-11(12)7-8-14(21)17-10-15-18-16(19-22-15)13-6-3-9-23-13/h1-6,9,20H,7-8,10H2,(H,17,21). The summed E-state index contributed by atoms with van der Waals surface area (Å²) in [6.45, 7) is 0.192. The Morgan fingerprint density at radius 1 is 1.26 bits per heavy atom. The molecule has 118 valence electrons. The lowest BCUT2D eigenvalue weighted by atomic mass is 10.1. The van der Waals surface area contributed by atoms with Gasteiger partial charge in [0, 0.05) is 6.42 Å². The van der Waals surface area contributed by atoms with Crippen LogP contribution in [0.1, 0.15) is 17.9 Å². The Morgan fingerprint density at radius 2 is 2.13 bits per heavy atom. The number of hydrogen-bond acceptors (Lipinski definition) is 6. The molecule has 23 heavy (non-hydrogen) atoms. The Balaban J connectivity index is 1.49. The van der Waals surface area contributed by atoms with E-state index in [9.17, 15) is 9.90 Å². The summed E-state index contributed by atoms with van der Waals surface area (Å²) in [4.78, 5) is 17.0. The quantitative estimate of drug-likeness (QED) is 0.726. The van der Waals surface area contributed by atoms with Gasteiger partial charge in [-0.1, -0.05) is 29.4 Å². The summed E-state index contributed by atoms with van der Waals surface area (Å²) in [5.74, 6) is 0.963. The van der Waals surface area contributed by atoms with Gasteiger partial charge in [0.1, 0.15) is 5.75 Å². The lowest BCUT2D eigenvalue weighted by molar-refractivity contribution is -0.121. The van der Waals surface area contributed by atoms with E-state index in [0.29, 0.717) is 18.1 Å². The van der Waals surface area contributed by atoms with Gasteiger partial charge in [-0.15, -0.1) is 11.3 Å². The van der Waals surface area contributed by atoms with Crippen molar-refractivity contribution in [1.29, 1.82) is 0 Å². The molecule has 7 heteroatoms. The average molecular weight is 329 g/mol. The number of aryl methyl sites for hydroxylation is 1. The number of phenols is 1. The first-order valence-corrected chi connectivity index (χ1v) is 8.00. The third-order valence-corrected chi connectivity index (χ3v) is 4.13. The second kappa shape index (κ2) is 7.06. The highest BCUT2D eigenvalue weighted by atomic mass is 32.1. The monoisotopic (exact) mass is 329 g/mol. The smallest absolute Gasteiger partial charge is 0.246 e. The molecule has 0 spiro atoms. The summed E-state index contributed by atoms with van der Waals surface area (Å²) in [5, 5.41) is 18.2. The van der Waals surface area contributed by atoms with E-state index in [-0.39, 0.29) is 24.6 Å². The molecule has 1 aromatic carbocycles. The molecule has 3 rings (SSSR count). The first kappa shape index (κ1) is 15.2. The number of para-hydroxylation sites is 1. The van der Waals surface area contributed by atoms with Crippen molar-refractivity contribution in [1.82, 2.24) is 15.5 Å². The largest absolute Gasteiger partial charge is 0.508 e. The number of nitrogens with one attached hydrogen (secondary N) is 1. The number of amides is 1. The molecule has 0 saturated heterocycles. The van der Waals surface area contributed by atoms with Crippen molar-refractivity contribution >= 4 is 17.2 Å². The number of thiophene rings is 1. The van der Waals surface area contributed by atoms with Gasteiger partial charge in [0.15, 0.2) is 0 Å². The molecule has 2 N–H and O–H groups in total. The van der Waals surface area contributed by atoms with Crippen LogP contribution in [0.3, 0.4) is 0 Å². The molecule has 0 atom stereocenters. The predicted octanol–water partition coefficient (Wildman–Crippen LogP) is 2.75. The number of benzene rings is 1. The number of hydrogen-bond donors (Lipinski definition) is 2. The second-order valence-electron chi connectivity index (χ2n) is 4.89. The number of aromatic hydroxyl groups is 1. The van der Waals surface area contributed by atoms with Crippen molar-refractivity contribution in [2.24, 2.45) is 0 Å². The van der Waals surface area contributed by atoms with E-state index < -0.39 is 0 Å². The molecule has 0 aliphatic carbocycles. The Labute approximate surface area is 136 Å². The molecule has 6 nitrogen and oxygen atoms in total. The van der Waals surface area contributed by atoms with Gasteiger partial charge in [-0.25, -0.2) is 0 Å². The highest BCUT2D eigenvalue weighted by molar-refractivity contribution is 7.13. The van der Waals surface area contributed by atoms with Gasteiger partial charge in [-0.2, -0.15) is 4.98 Å². The summed E-state index contributed by atoms with van der Waals surface area (Å²) in [6, 6.07) is 10.8. The van der Waals surface area contributed by atoms with Crippen molar-refractivity contribution < 1.29 is 14.4 Å². The van der Waals surface area contributed by atoms with Crippen LogP contribution in [0.25, 0.3) is 10.7 Å². The number of nitrogens with zero attached hydrogens (tertiary/aromatic N) is 2. The molecule has 0 aliphatic rings. The van der Waals surface area contributed by atoms with Gasteiger partial charge in [0.2, 0.25) is 17.6 Å². The molecule has 0 fully saturated rings. The Hall–Kier alpha value is -2.67. The van der Waals surface area contributed by atoms with E-state index in [1.54, 1.807) is 18.2 Å². The molecule has 1 amide bonds. The van der Waals surface area contributed by atoms with Gasteiger partial charge < -0.3 is 14.9 Å². The maximum Gasteiger partial charge on any atom is 0.246 e. The topological polar surface area (TPSA) is 88.2 Å². The van der Waals surface area contributed by atoms with Crippen molar-refractivity contribution in [3.63, 3.8) is 0 Å². The lowest BCUT2D eigenvalue weighted by Crippen LogP contribution is -2.23. The van der Waals surface area contributed by atoms with E-state index in [0.717, 1.165) is 10.4 Å². The molecule has 0 aliphatic heterocycles. The van der Waals surface area contributed by atoms with Crippen LogP contribution in [0.2, 0.25) is 0 Å². The zero-order chi connectivity index (χ0) is 16.1. The third-order valence-electron chi connectivity index (χ3n) is 3.26. The van der Waals surface area contributed by atoms with Crippen LogP contribution < -0.4 is 5.32 Å². The molecular formula is C16H15N3O3S. The van der Waals surface area contributed by atoms with E-state index in [1.165, 1.54) is 11.3 Å². The minimum absolute atomic E-state index is 0.135.